The van der Waals surface area contributed by atoms with Crippen LogP contribution >= 0.6 is 0 Å². The number of aryl methyl sites for hydroxylation is 1. The van der Waals surface area contributed by atoms with Crippen LogP contribution in [-0.4, -0.2) is 21.4 Å². The highest BCUT2D eigenvalue weighted by Crippen LogP contribution is 2.55. The molecule has 5 heteroatoms. The molecule has 0 atom stereocenters. The van der Waals surface area contributed by atoms with Gasteiger partial charge in [-0.25, -0.2) is 4.79 Å². The normalized spacial score (nSPS) is 31.1. The molecule has 2 aromatic rings. The van der Waals surface area contributed by atoms with E-state index in [-0.39, 0.29) is 11.6 Å². The summed E-state index contributed by atoms with van der Waals surface area (Å²) in [5.74, 6) is 2.48. The average molecular weight is 364 g/mol. The number of benzene rings is 1. The van der Waals surface area contributed by atoms with Crippen molar-refractivity contribution >= 4 is 11.7 Å². The van der Waals surface area contributed by atoms with Gasteiger partial charge in [0.05, 0.1) is 18.4 Å². The lowest BCUT2D eigenvalue weighted by Gasteiger charge is -2.56. The minimum Gasteiger partial charge on any atom is -0.332 e. The van der Waals surface area contributed by atoms with Crippen LogP contribution in [-0.2, 0) is 6.54 Å². The van der Waals surface area contributed by atoms with E-state index < -0.39 is 0 Å². The quantitative estimate of drug-likeness (QED) is 0.848. The van der Waals surface area contributed by atoms with Gasteiger partial charge in [0.2, 0.25) is 0 Å². The summed E-state index contributed by atoms with van der Waals surface area (Å²) in [4.78, 5) is 12.6. The minimum absolute atomic E-state index is 0.0384. The van der Waals surface area contributed by atoms with Gasteiger partial charge >= 0.3 is 6.03 Å². The van der Waals surface area contributed by atoms with Crippen molar-refractivity contribution in [3.8, 4) is 0 Å². The van der Waals surface area contributed by atoms with E-state index in [9.17, 15) is 4.79 Å². The molecule has 2 N–H and O–H groups in total. The highest BCUT2D eigenvalue weighted by Gasteiger charge is 2.51. The number of aromatic nitrogens is 2. The molecule has 0 spiro atoms. The van der Waals surface area contributed by atoms with Gasteiger partial charge in [-0.3, -0.25) is 4.68 Å². The van der Waals surface area contributed by atoms with Crippen molar-refractivity contribution in [2.75, 3.05) is 5.32 Å². The zero-order chi connectivity index (χ0) is 18.4. The summed E-state index contributed by atoms with van der Waals surface area (Å²) >= 11 is 0. The number of urea groups is 1. The van der Waals surface area contributed by atoms with Gasteiger partial charge in [0.25, 0.3) is 0 Å². The third-order valence-electron chi connectivity index (χ3n) is 6.77. The Morgan fingerprint density at radius 2 is 1.74 bits per heavy atom. The summed E-state index contributed by atoms with van der Waals surface area (Å²) in [6, 6.07) is 8.37. The van der Waals surface area contributed by atoms with Crippen LogP contribution in [0.3, 0.4) is 0 Å². The van der Waals surface area contributed by atoms with Crippen molar-refractivity contribution in [2.45, 2.75) is 57.5 Å². The standard InChI is InChI=1S/C22H28N4O/c1-15-2-4-16(5-3-15)13-26-14-20(12-23-26)24-21(27)25-22-9-17-6-18(10-22)8-19(7-17)11-22/h2-5,12,14,17-19H,6-11,13H2,1H3,(H2,24,25,27). The van der Waals surface area contributed by atoms with Crippen LogP contribution in [0, 0.1) is 24.7 Å². The number of carbonyl (C=O) groups is 1. The summed E-state index contributed by atoms with van der Waals surface area (Å²) < 4.78 is 1.87. The Hall–Kier alpha value is -2.30. The van der Waals surface area contributed by atoms with Gasteiger partial charge in [0, 0.05) is 11.7 Å². The Morgan fingerprint density at radius 1 is 1.11 bits per heavy atom. The molecule has 0 radical (unpaired) electrons. The smallest absolute Gasteiger partial charge is 0.319 e. The third-order valence-corrected chi connectivity index (χ3v) is 6.77. The minimum atomic E-state index is -0.0770. The fourth-order valence-corrected chi connectivity index (χ4v) is 6.06. The molecule has 2 amide bonds. The first-order valence-electron chi connectivity index (χ1n) is 10.2. The molecule has 0 saturated heterocycles. The van der Waals surface area contributed by atoms with Crippen LogP contribution in [0.1, 0.15) is 49.7 Å². The fraction of sp³-hybridized carbons (Fsp3) is 0.545. The molecule has 4 aliphatic rings. The van der Waals surface area contributed by atoms with E-state index in [4.69, 9.17) is 0 Å². The van der Waals surface area contributed by atoms with Crippen molar-refractivity contribution in [3.63, 3.8) is 0 Å². The molecule has 4 fully saturated rings. The molecule has 4 saturated carbocycles. The summed E-state index contributed by atoms with van der Waals surface area (Å²) in [7, 11) is 0. The number of hydrogen-bond acceptors (Lipinski definition) is 2. The third kappa shape index (κ3) is 3.47. The van der Waals surface area contributed by atoms with Gasteiger partial charge in [-0.1, -0.05) is 29.8 Å². The van der Waals surface area contributed by atoms with Gasteiger partial charge in [0.15, 0.2) is 0 Å². The number of amides is 2. The first-order chi connectivity index (χ1) is 13.1. The number of rotatable bonds is 4. The molecule has 6 rings (SSSR count). The Bertz CT molecular complexity index is 803. The maximum atomic E-state index is 12.6. The average Bonchev–Trinajstić information content (AvgIpc) is 3.02. The maximum Gasteiger partial charge on any atom is 0.319 e. The van der Waals surface area contributed by atoms with Crippen LogP contribution in [0.4, 0.5) is 10.5 Å². The summed E-state index contributed by atoms with van der Waals surface area (Å²) in [6.45, 7) is 2.79. The number of nitrogens with one attached hydrogen (secondary N) is 2. The molecule has 5 nitrogen and oxygen atoms in total. The Morgan fingerprint density at radius 3 is 2.37 bits per heavy atom. The Kier molecular flexibility index (Phi) is 3.99. The van der Waals surface area contributed by atoms with Gasteiger partial charge in [0.1, 0.15) is 0 Å². The van der Waals surface area contributed by atoms with E-state index in [1.807, 2.05) is 10.9 Å². The lowest BCUT2D eigenvalue weighted by Crippen LogP contribution is -2.60. The van der Waals surface area contributed by atoms with Crippen molar-refractivity contribution in [3.05, 3.63) is 47.8 Å². The molecule has 0 unspecified atom stereocenters. The van der Waals surface area contributed by atoms with E-state index in [2.05, 4.69) is 46.9 Å². The highest BCUT2D eigenvalue weighted by atomic mass is 16.2. The first kappa shape index (κ1) is 16.8. The molecule has 4 aliphatic carbocycles. The summed E-state index contributed by atoms with van der Waals surface area (Å²) in [5.41, 5.74) is 3.25. The zero-order valence-corrected chi connectivity index (χ0v) is 15.9. The molecule has 142 valence electrons. The van der Waals surface area contributed by atoms with Crippen molar-refractivity contribution < 1.29 is 4.79 Å². The van der Waals surface area contributed by atoms with Crippen LogP contribution in [0.5, 0.6) is 0 Å². The lowest BCUT2D eigenvalue weighted by atomic mass is 9.53. The monoisotopic (exact) mass is 364 g/mol. The van der Waals surface area contributed by atoms with Crippen molar-refractivity contribution in [2.24, 2.45) is 17.8 Å². The molecular formula is C22H28N4O. The summed E-state index contributed by atoms with van der Waals surface area (Å²) in [6.07, 6.45) is 11.3. The van der Waals surface area contributed by atoms with Crippen molar-refractivity contribution in [1.29, 1.82) is 0 Å². The Balaban J connectivity index is 1.20. The maximum absolute atomic E-state index is 12.6. The SMILES string of the molecule is Cc1ccc(Cn2cc(NC(=O)NC34CC5CC(CC(C5)C3)C4)cn2)cc1. The van der Waals surface area contributed by atoms with E-state index in [1.54, 1.807) is 6.20 Å². The number of anilines is 1. The molecule has 27 heavy (non-hydrogen) atoms. The first-order valence-corrected chi connectivity index (χ1v) is 10.2. The van der Waals surface area contributed by atoms with Crippen LogP contribution in [0.15, 0.2) is 36.7 Å². The second kappa shape index (κ2) is 6.39. The van der Waals surface area contributed by atoms with Gasteiger partial charge < -0.3 is 10.6 Å². The van der Waals surface area contributed by atoms with E-state index >= 15 is 0 Å². The van der Waals surface area contributed by atoms with Crippen LogP contribution < -0.4 is 10.6 Å². The van der Waals surface area contributed by atoms with E-state index in [0.29, 0.717) is 6.54 Å². The Labute approximate surface area is 160 Å². The molecule has 1 heterocycles. The lowest BCUT2D eigenvalue weighted by molar-refractivity contribution is -0.0127. The van der Waals surface area contributed by atoms with Gasteiger partial charge in [-0.2, -0.15) is 5.10 Å². The van der Waals surface area contributed by atoms with Crippen molar-refractivity contribution in [1.82, 2.24) is 15.1 Å². The fourth-order valence-electron chi connectivity index (χ4n) is 6.06. The predicted octanol–water partition coefficient (Wildman–Crippen LogP) is 4.33. The largest absolute Gasteiger partial charge is 0.332 e. The molecule has 4 bridgehead atoms. The second-order valence-electron chi connectivity index (χ2n) is 9.19. The number of hydrogen-bond donors (Lipinski definition) is 2. The van der Waals surface area contributed by atoms with E-state index in [1.165, 1.54) is 49.7 Å². The van der Waals surface area contributed by atoms with Crippen LogP contribution in [0.25, 0.3) is 0 Å². The molecule has 1 aromatic carbocycles. The topological polar surface area (TPSA) is 59.0 Å². The molecule has 0 aliphatic heterocycles. The van der Waals surface area contributed by atoms with Gasteiger partial charge in [-0.05, 0) is 68.8 Å². The molecular weight excluding hydrogens is 336 g/mol. The number of nitrogens with zero attached hydrogens (tertiary/aromatic N) is 2. The highest BCUT2D eigenvalue weighted by molar-refractivity contribution is 5.89. The van der Waals surface area contributed by atoms with Crippen LogP contribution in [0.2, 0.25) is 0 Å². The zero-order valence-electron chi connectivity index (χ0n) is 15.9. The molecule has 1 aromatic heterocycles. The predicted molar refractivity (Wildman–Crippen MR) is 106 cm³/mol. The second-order valence-corrected chi connectivity index (χ2v) is 9.19. The van der Waals surface area contributed by atoms with E-state index in [0.717, 1.165) is 23.4 Å². The number of carbonyl (C=O) groups excluding carboxylic acids is 1. The van der Waals surface area contributed by atoms with Gasteiger partial charge in [-0.15, -0.1) is 0 Å². The summed E-state index contributed by atoms with van der Waals surface area (Å²) in [5, 5.41) is 10.7.